The second-order valence-corrected chi connectivity index (χ2v) is 7.60. The molecule has 1 aromatic carbocycles. The van der Waals surface area contributed by atoms with E-state index < -0.39 is 0 Å². The number of rotatable bonds is 8. The number of hydrogen-bond donors (Lipinski definition) is 3. The highest BCUT2D eigenvalue weighted by Crippen LogP contribution is 2.28. The van der Waals surface area contributed by atoms with Gasteiger partial charge in [-0.3, -0.25) is 10.1 Å². The largest absolute Gasteiger partial charge is 0.336 e. The highest BCUT2D eigenvalue weighted by molar-refractivity contribution is 7.15. The van der Waals surface area contributed by atoms with Crippen LogP contribution in [0.3, 0.4) is 0 Å². The van der Waals surface area contributed by atoms with Crippen molar-refractivity contribution in [3.8, 4) is 0 Å². The second-order valence-electron chi connectivity index (χ2n) is 6.59. The zero-order chi connectivity index (χ0) is 19.8. The van der Waals surface area contributed by atoms with E-state index in [4.69, 9.17) is 0 Å². The Morgan fingerprint density at radius 1 is 1.07 bits per heavy atom. The number of hydrogen-bond acceptors (Lipinski definition) is 5. The number of amides is 3. The Bertz CT molecular complexity index is 754. The number of carbonyl (C=O) groups excluding carboxylic acids is 2. The minimum atomic E-state index is -0.223. The summed E-state index contributed by atoms with van der Waals surface area (Å²) in [7, 11) is 0. The van der Waals surface area contributed by atoms with Crippen LogP contribution in [0.1, 0.15) is 67.4 Å². The Hall–Kier alpha value is -2.48. The van der Waals surface area contributed by atoms with Crippen molar-refractivity contribution in [2.24, 2.45) is 0 Å². The molecular formula is C19H27N5O2S. The third-order valence-corrected chi connectivity index (χ3v) is 5.09. The van der Waals surface area contributed by atoms with Crippen molar-refractivity contribution in [3.05, 3.63) is 40.4 Å². The third-order valence-electron chi connectivity index (χ3n) is 4.08. The lowest BCUT2D eigenvalue weighted by molar-refractivity contribution is 0.102. The van der Waals surface area contributed by atoms with E-state index in [2.05, 4.69) is 40.0 Å². The zero-order valence-corrected chi connectivity index (χ0v) is 17.0. The highest BCUT2D eigenvalue weighted by Gasteiger charge is 2.15. The van der Waals surface area contributed by atoms with E-state index in [-0.39, 0.29) is 18.0 Å². The Kier molecular flexibility index (Phi) is 7.72. The molecule has 0 saturated heterocycles. The van der Waals surface area contributed by atoms with Crippen LogP contribution in [0.4, 0.5) is 9.93 Å². The lowest BCUT2D eigenvalue weighted by Gasteiger charge is -2.10. The van der Waals surface area contributed by atoms with E-state index in [1.165, 1.54) is 11.3 Å². The van der Waals surface area contributed by atoms with Gasteiger partial charge in [-0.2, -0.15) is 0 Å². The summed E-state index contributed by atoms with van der Waals surface area (Å²) in [5.74, 6) is 0.159. The zero-order valence-electron chi connectivity index (χ0n) is 16.2. The van der Waals surface area contributed by atoms with E-state index in [1.54, 1.807) is 12.1 Å². The summed E-state index contributed by atoms with van der Waals surface area (Å²) in [6.45, 7) is 8.44. The van der Waals surface area contributed by atoms with Gasteiger partial charge in [-0.25, -0.2) is 4.79 Å². The predicted octanol–water partition coefficient (Wildman–Crippen LogP) is 3.90. The summed E-state index contributed by atoms with van der Waals surface area (Å²) in [4.78, 5) is 24.0. The molecule has 1 aromatic heterocycles. The average molecular weight is 390 g/mol. The van der Waals surface area contributed by atoms with Gasteiger partial charge in [0.15, 0.2) is 0 Å². The summed E-state index contributed by atoms with van der Waals surface area (Å²) in [5.41, 5.74) is 1.45. The number of benzene rings is 1. The van der Waals surface area contributed by atoms with Gasteiger partial charge in [-0.1, -0.05) is 37.3 Å². The molecule has 0 bridgehead atoms. The van der Waals surface area contributed by atoms with Crippen molar-refractivity contribution < 1.29 is 9.59 Å². The van der Waals surface area contributed by atoms with E-state index in [0.717, 1.165) is 23.4 Å². The quantitative estimate of drug-likeness (QED) is 0.638. The summed E-state index contributed by atoms with van der Waals surface area (Å²) >= 11 is 1.42. The molecule has 0 fully saturated rings. The van der Waals surface area contributed by atoms with Gasteiger partial charge in [-0.05, 0) is 44.4 Å². The SMILES string of the molecule is CCC(CC)c1nnc(NC(=O)c2ccc(CNC(=O)NC(C)C)cc2)s1. The summed E-state index contributed by atoms with van der Waals surface area (Å²) in [5, 5.41) is 18.1. The first kappa shape index (κ1) is 20.8. The Morgan fingerprint density at radius 3 is 2.33 bits per heavy atom. The van der Waals surface area contributed by atoms with Crippen LogP contribution < -0.4 is 16.0 Å². The first-order chi connectivity index (χ1) is 12.9. The topological polar surface area (TPSA) is 96.0 Å². The molecule has 2 rings (SSSR count). The highest BCUT2D eigenvalue weighted by atomic mass is 32.1. The molecule has 0 radical (unpaired) electrons. The molecule has 0 aliphatic heterocycles. The molecule has 0 atom stereocenters. The van der Waals surface area contributed by atoms with Crippen LogP contribution in [0.5, 0.6) is 0 Å². The number of nitrogens with one attached hydrogen (secondary N) is 3. The maximum absolute atomic E-state index is 12.4. The molecule has 1 heterocycles. The van der Waals surface area contributed by atoms with Gasteiger partial charge >= 0.3 is 6.03 Å². The fourth-order valence-electron chi connectivity index (χ4n) is 2.53. The number of carbonyl (C=O) groups is 2. The summed E-state index contributed by atoms with van der Waals surface area (Å²) < 4.78 is 0. The molecule has 27 heavy (non-hydrogen) atoms. The Balaban J connectivity index is 1.91. The van der Waals surface area contributed by atoms with Crippen LogP contribution in [0.15, 0.2) is 24.3 Å². The van der Waals surface area contributed by atoms with Gasteiger partial charge in [0, 0.05) is 24.1 Å². The first-order valence-corrected chi connectivity index (χ1v) is 10.0. The monoisotopic (exact) mass is 389 g/mol. The van der Waals surface area contributed by atoms with Crippen LogP contribution >= 0.6 is 11.3 Å². The minimum Gasteiger partial charge on any atom is -0.336 e. The lowest BCUT2D eigenvalue weighted by atomic mass is 10.1. The van der Waals surface area contributed by atoms with E-state index in [1.807, 2.05) is 26.0 Å². The van der Waals surface area contributed by atoms with Crippen LogP contribution in [-0.2, 0) is 6.54 Å². The molecule has 0 aliphatic carbocycles. The smallest absolute Gasteiger partial charge is 0.315 e. The van der Waals surface area contributed by atoms with Gasteiger partial charge in [0.05, 0.1) is 0 Å². The molecule has 7 nitrogen and oxygen atoms in total. The Morgan fingerprint density at radius 2 is 1.74 bits per heavy atom. The number of anilines is 1. The molecular weight excluding hydrogens is 362 g/mol. The number of nitrogens with zero attached hydrogens (tertiary/aromatic N) is 2. The molecule has 146 valence electrons. The number of urea groups is 1. The van der Waals surface area contributed by atoms with Gasteiger partial charge in [0.25, 0.3) is 5.91 Å². The standard InChI is InChI=1S/C19H27N5O2S/c1-5-14(6-2)17-23-24-19(27-17)22-16(25)15-9-7-13(8-10-15)11-20-18(26)21-12(3)4/h7-10,12,14H,5-6,11H2,1-4H3,(H2,20,21,26)(H,22,24,25). The molecule has 0 aliphatic rings. The molecule has 0 unspecified atom stereocenters. The maximum Gasteiger partial charge on any atom is 0.315 e. The van der Waals surface area contributed by atoms with Crippen LogP contribution in [0.25, 0.3) is 0 Å². The van der Waals surface area contributed by atoms with E-state index >= 15 is 0 Å². The maximum atomic E-state index is 12.4. The number of aromatic nitrogens is 2. The van der Waals surface area contributed by atoms with Gasteiger partial charge in [0.1, 0.15) is 5.01 Å². The predicted molar refractivity (Wildman–Crippen MR) is 108 cm³/mol. The molecule has 2 aromatic rings. The first-order valence-electron chi connectivity index (χ1n) is 9.20. The van der Waals surface area contributed by atoms with Gasteiger partial charge in [-0.15, -0.1) is 10.2 Å². The van der Waals surface area contributed by atoms with Crippen molar-refractivity contribution in [2.75, 3.05) is 5.32 Å². The third kappa shape index (κ3) is 6.32. The van der Waals surface area contributed by atoms with Crippen molar-refractivity contribution >= 4 is 28.4 Å². The second kappa shape index (κ2) is 10.0. The van der Waals surface area contributed by atoms with Crippen molar-refractivity contribution in [3.63, 3.8) is 0 Å². The fourth-order valence-corrected chi connectivity index (χ4v) is 3.53. The molecule has 0 spiro atoms. The van der Waals surface area contributed by atoms with E-state index in [0.29, 0.717) is 23.2 Å². The van der Waals surface area contributed by atoms with Crippen molar-refractivity contribution in [1.29, 1.82) is 0 Å². The molecule has 0 saturated carbocycles. The van der Waals surface area contributed by atoms with Crippen molar-refractivity contribution in [1.82, 2.24) is 20.8 Å². The van der Waals surface area contributed by atoms with Crippen LogP contribution in [0, 0.1) is 0 Å². The summed E-state index contributed by atoms with van der Waals surface area (Å²) in [6.07, 6.45) is 2.01. The summed E-state index contributed by atoms with van der Waals surface area (Å²) in [6, 6.07) is 6.98. The van der Waals surface area contributed by atoms with E-state index in [9.17, 15) is 9.59 Å². The van der Waals surface area contributed by atoms with Gasteiger partial charge in [0.2, 0.25) is 5.13 Å². The van der Waals surface area contributed by atoms with Crippen LogP contribution in [0.2, 0.25) is 0 Å². The van der Waals surface area contributed by atoms with Crippen LogP contribution in [-0.4, -0.2) is 28.2 Å². The molecule has 3 N–H and O–H groups in total. The normalized spacial score (nSPS) is 10.9. The minimum absolute atomic E-state index is 0.0851. The Labute approximate surface area is 164 Å². The van der Waals surface area contributed by atoms with Gasteiger partial charge < -0.3 is 10.6 Å². The molecule has 8 heteroatoms. The van der Waals surface area contributed by atoms with Crippen molar-refractivity contribution in [2.45, 2.75) is 59.0 Å². The molecule has 3 amide bonds. The fraction of sp³-hybridized carbons (Fsp3) is 0.474. The lowest BCUT2D eigenvalue weighted by Crippen LogP contribution is -2.39. The average Bonchev–Trinajstić information content (AvgIpc) is 3.09.